The fourth-order valence-electron chi connectivity index (χ4n) is 1.95. The van der Waals surface area contributed by atoms with Gasteiger partial charge in [-0.3, -0.25) is 4.79 Å². The highest BCUT2D eigenvalue weighted by molar-refractivity contribution is 6.29. The van der Waals surface area contributed by atoms with Crippen LogP contribution in [-0.2, 0) is 17.8 Å². The van der Waals surface area contributed by atoms with Crippen LogP contribution in [0, 0.1) is 0 Å². The van der Waals surface area contributed by atoms with E-state index in [0.717, 1.165) is 13.0 Å². The van der Waals surface area contributed by atoms with E-state index in [1.165, 1.54) is 11.1 Å². The van der Waals surface area contributed by atoms with Gasteiger partial charge in [-0.2, -0.15) is 0 Å². The van der Waals surface area contributed by atoms with Crippen LogP contribution in [-0.4, -0.2) is 18.5 Å². The van der Waals surface area contributed by atoms with Gasteiger partial charge in [0.15, 0.2) is 0 Å². The highest BCUT2D eigenvalue weighted by Crippen LogP contribution is 2.16. The van der Waals surface area contributed by atoms with Crippen LogP contribution < -0.4 is 10.6 Å². The standard InChI is InChI=1S/C13H15ClN2O/c1-9(14)7-16-13(17)12-6-10-4-2-3-5-11(10)8-15-12/h2-5,12,15H,1,6-8H2,(H,16,17)/t12-/m1/s1. The van der Waals surface area contributed by atoms with Crippen LogP contribution in [0.5, 0.6) is 0 Å². The Morgan fingerprint density at radius 3 is 2.88 bits per heavy atom. The van der Waals surface area contributed by atoms with Crippen molar-refractivity contribution >= 4 is 17.5 Å². The molecule has 1 aromatic rings. The molecule has 0 unspecified atom stereocenters. The van der Waals surface area contributed by atoms with Gasteiger partial charge in [-0.25, -0.2) is 0 Å². The summed E-state index contributed by atoms with van der Waals surface area (Å²) in [4.78, 5) is 11.8. The Morgan fingerprint density at radius 1 is 1.47 bits per heavy atom. The average Bonchev–Trinajstić information content (AvgIpc) is 2.35. The molecule has 4 heteroatoms. The third kappa shape index (κ3) is 3.08. The number of halogens is 1. The van der Waals surface area contributed by atoms with Crippen LogP contribution in [0.3, 0.4) is 0 Å². The minimum absolute atomic E-state index is 0.0266. The van der Waals surface area contributed by atoms with Crippen molar-refractivity contribution in [2.24, 2.45) is 0 Å². The Bertz CT molecular complexity index is 445. The first-order chi connectivity index (χ1) is 8.16. The molecule has 0 radical (unpaired) electrons. The van der Waals surface area contributed by atoms with Crippen molar-refractivity contribution in [1.29, 1.82) is 0 Å². The predicted octanol–water partition coefficient (Wildman–Crippen LogP) is 1.57. The van der Waals surface area contributed by atoms with Crippen LogP contribution in [0.4, 0.5) is 0 Å². The van der Waals surface area contributed by atoms with E-state index in [0.29, 0.717) is 11.6 Å². The molecule has 2 rings (SSSR count). The van der Waals surface area contributed by atoms with Gasteiger partial charge in [0.1, 0.15) is 0 Å². The molecule has 2 N–H and O–H groups in total. The monoisotopic (exact) mass is 250 g/mol. The summed E-state index contributed by atoms with van der Waals surface area (Å²) in [5.41, 5.74) is 2.49. The first kappa shape index (κ1) is 12.1. The maximum atomic E-state index is 11.8. The second kappa shape index (κ2) is 5.34. The van der Waals surface area contributed by atoms with Gasteiger partial charge in [-0.05, 0) is 17.5 Å². The molecular formula is C13H15ClN2O. The van der Waals surface area contributed by atoms with E-state index in [-0.39, 0.29) is 11.9 Å². The number of hydrogen-bond acceptors (Lipinski definition) is 2. The molecule has 17 heavy (non-hydrogen) atoms. The van der Waals surface area contributed by atoms with E-state index >= 15 is 0 Å². The molecule has 0 saturated carbocycles. The van der Waals surface area contributed by atoms with E-state index in [1.807, 2.05) is 12.1 Å². The lowest BCUT2D eigenvalue weighted by molar-refractivity contribution is -0.123. The third-order valence-electron chi connectivity index (χ3n) is 2.85. The van der Waals surface area contributed by atoms with Crippen molar-refractivity contribution in [1.82, 2.24) is 10.6 Å². The van der Waals surface area contributed by atoms with Gasteiger partial charge in [0.25, 0.3) is 0 Å². The van der Waals surface area contributed by atoms with Crippen LogP contribution in [0.2, 0.25) is 0 Å². The lowest BCUT2D eigenvalue weighted by atomic mass is 9.95. The largest absolute Gasteiger partial charge is 0.350 e. The maximum absolute atomic E-state index is 11.8. The number of carbonyl (C=O) groups excluding carboxylic acids is 1. The number of fused-ring (bicyclic) bond motifs is 1. The van der Waals surface area contributed by atoms with Crippen molar-refractivity contribution in [3.8, 4) is 0 Å². The Hall–Kier alpha value is -1.32. The summed E-state index contributed by atoms with van der Waals surface area (Å²) < 4.78 is 0. The van der Waals surface area contributed by atoms with Gasteiger partial charge in [0.2, 0.25) is 5.91 Å². The normalized spacial score (nSPS) is 18.3. The van der Waals surface area contributed by atoms with E-state index in [9.17, 15) is 4.79 Å². The van der Waals surface area contributed by atoms with Gasteiger partial charge in [-0.1, -0.05) is 42.4 Å². The molecule has 1 aliphatic heterocycles. The molecule has 1 aromatic carbocycles. The highest BCUT2D eigenvalue weighted by Gasteiger charge is 2.23. The van der Waals surface area contributed by atoms with Crippen molar-refractivity contribution in [2.75, 3.05) is 6.54 Å². The van der Waals surface area contributed by atoms with Crippen LogP contribution >= 0.6 is 11.6 Å². The molecule has 90 valence electrons. The maximum Gasteiger partial charge on any atom is 0.237 e. The van der Waals surface area contributed by atoms with Crippen LogP contribution in [0.25, 0.3) is 0 Å². The average molecular weight is 251 g/mol. The van der Waals surface area contributed by atoms with Crippen LogP contribution in [0.1, 0.15) is 11.1 Å². The Morgan fingerprint density at radius 2 is 2.18 bits per heavy atom. The topological polar surface area (TPSA) is 41.1 Å². The van der Waals surface area contributed by atoms with Crippen molar-refractivity contribution in [3.05, 3.63) is 47.0 Å². The van der Waals surface area contributed by atoms with Crippen molar-refractivity contribution in [3.63, 3.8) is 0 Å². The van der Waals surface area contributed by atoms with Crippen molar-refractivity contribution < 1.29 is 4.79 Å². The number of hydrogen-bond donors (Lipinski definition) is 2. The molecular weight excluding hydrogens is 236 g/mol. The number of rotatable bonds is 3. The molecule has 0 fully saturated rings. The molecule has 1 amide bonds. The molecule has 0 bridgehead atoms. The summed E-state index contributed by atoms with van der Waals surface area (Å²) in [5, 5.41) is 6.40. The molecule has 1 aliphatic rings. The number of nitrogens with one attached hydrogen (secondary N) is 2. The minimum Gasteiger partial charge on any atom is -0.350 e. The molecule has 0 saturated heterocycles. The summed E-state index contributed by atoms with van der Waals surface area (Å²) >= 11 is 5.61. The quantitative estimate of drug-likeness (QED) is 0.855. The van der Waals surface area contributed by atoms with E-state index in [4.69, 9.17) is 11.6 Å². The van der Waals surface area contributed by atoms with Gasteiger partial charge < -0.3 is 10.6 Å². The second-order valence-electron chi connectivity index (χ2n) is 4.14. The first-order valence-corrected chi connectivity index (χ1v) is 5.96. The summed E-state index contributed by atoms with van der Waals surface area (Å²) in [5.74, 6) is -0.0266. The predicted molar refractivity (Wildman–Crippen MR) is 68.8 cm³/mol. The summed E-state index contributed by atoms with van der Waals surface area (Å²) in [6.07, 6.45) is 0.719. The molecule has 0 spiro atoms. The van der Waals surface area contributed by atoms with E-state index < -0.39 is 0 Å². The lowest BCUT2D eigenvalue weighted by Crippen LogP contribution is -2.47. The molecule has 1 atom stereocenters. The highest BCUT2D eigenvalue weighted by atomic mass is 35.5. The van der Waals surface area contributed by atoms with Gasteiger partial charge in [0.05, 0.1) is 12.6 Å². The summed E-state index contributed by atoms with van der Waals surface area (Å²) in [6, 6.07) is 7.98. The SMILES string of the molecule is C=C(Cl)CNC(=O)[C@H]1Cc2ccccc2CN1. The molecule has 0 aromatic heterocycles. The Labute approximate surface area is 106 Å². The van der Waals surface area contributed by atoms with Crippen molar-refractivity contribution in [2.45, 2.75) is 19.0 Å². The van der Waals surface area contributed by atoms with Gasteiger partial charge >= 0.3 is 0 Å². The third-order valence-corrected chi connectivity index (χ3v) is 2.99. The van der Waals surface area contributed by atoms with E-state index in [2.05, 4.69) is 29.3 Å². The number of benzene rings is 1. The summed E-state index contributed by atoms with van der Waals surface area (Å²) in [7, 11) is 0. The van der Waals surface area contributed by atoms with Gasteiger partial charge in [-0.15, -0.1) is 0 Å². The minimum atomic E-state index is -0.180. The zero-order valence-corrected chi connectivity index (χ0v) is 10.3. The van der Waals surface area contributed by atoms with E-state index in [1.54, 1.807) is 0 Å². The Kier molecular flexibility index (Phi) is 3.82. The fourth-order valence-corrected chi connectivity index (χ4v) is 2.01. The molecule has 0 aliphatic carbocycles. The molecule has 1 heterocycles. The zero-order valence-electron chi connectivity index (χ0n) is 9.50. The molecule has 3 nitrogen and oxygen atoms in total. The second-order valence-corrected chi connectivity index (χ2v) is 4.68. The van der Waals surface area contributed by atoms with Crippen LogP contribution in [0.15, 0.2) is 35.9 Å². The summed E-state index contributed by atoms with van der Waals surface area (Å²) in [6.45, 7) is 4.59. The lowest BCUT2D eigenvalue weighted by Gasteiger charge is -2.25. The smallest absolute Gasteiger partial charge is 0.237 e. The fraction of sp³-hybridized carbons (Fsp3) is 0.308. The Balaban J connectivity index is 1.97. The number of carbonyl (C=O) groups is 1. The van der Waals surface area contributed by atoms with Gasteiger partial charge in [0, 0.05) is 11.6 Å². The first-order valence-electron chi connectivity index (χ1n) is 5.58. The zero-order chi connectivity index (χ0) is 12.3. The number of amides is 1.